The molecule has 20 heavy (non-hydrogen) atoms. The Morgan fingerprint density at radius 1 is 1.25 bits per heavy atom. The molecular formula is C14H21N3O3. The van der Waals surface area contributed by atoms with Gasteiger partial charge in [-0.1, -0.05) is 26.0 Å². The third-order valence-corrected chi connectivity index (χ3v) is 2.74. The molecule has 0 aliphatic heterocycles. The summed E-state index contributed by atoms with van der Waals surface area (Å²) in [6.07, 6.45) is 0.393. The molecule has 1 unspecified atom stereocenters. The Bertz CT molecular complexity index is 457. The number of carbonyl (C=O) groups excluding carboxylic acids is 1. The minimum Gasteiger partial charge on any atom is -0.480 e. The molecule has 5 N–H and O–H groups in total. The van der Waals surface area contributed by atoms with E-state index in [1.807, 2.05) is 13.8 Å². The summed E-state index contributed by atoms with van der Waals surface area (Å²) in [5.41, 5.74) is 7.11. The average molecular weight is 279 g/mol. The molecule has 0 saturated heterocycles. The van der Waals surface area contributed by atoms with Crippen molar-refractivity contribution in [3.63, 3.8) is 0 Å². The number of benzene rings is 1. The maximum Gasteiger partial charge on any atom is 0.326 e. The number of anilines is 1. The van der Waals surface area contributed by atoms with Gasteiger partial charge in [0.2, 0.25) is 0 Å². The van der Waals surface area contributed by atoms with Crippen LogP contribution in [0.1, 0.15) is 25.8 Å². The first-order valence-electron chi connectivity index (χ1n) is 6.50. The van der Waals surface area contributed by atoms with Crippen molar-refractivity contribution in [3.8, 4) is 0 Å². The molecule has 0 saturated carbocycles. The summed E-state index contributed by atoms with van der Waals surface area (Å²) in [7, 11) is 0. The van der Waals surface area contributed by atoms with Crippen LogP contribution >= 0.6 is 0 Å². The third kappa shape index (κ3) is 5.60. The van der Waals surface area contributed by atoms with Gasteiger partial charge in [0.05, 0.1) is 0 Å². The molecule has 1 atom stereocenters. The smallest absolute Gasteiger partial charge is 0.326 e. The molecule has 0 radical (unpaired) electrons. The number of hydrogen-bond donors (Lipinski definition) is 4. The molecule has 6 heteroatoms. The highest BCUT2D eigenvalue weighted by molar-refractivity contribution is 5.82. The van der Waals surface area contributed by atoms with E-state index in [4.69, 9.17) is 10.8 Å². The number of rotatable bonds is 6. The molecule has 0 heterocycles. The number of nitrogen functional groups attached to an aromatic ring is 1. The van der Waals surface area contributed by atoms with Crippen LogP contribution in [0.2, 0.25) is 0 Å². The SMILES string of the molecule is CC(C)CC(NC(=O)NCc1ccc(N)cc1)C(=O)O. The fourth-order valence-electron chi connectivity index (χ4n) is 1.72. The van der Waals surface area contributed by atoms with Crippen LogP contribution in [0, 0.1) is 5.92 Å². The Hall–Kier alpha value is -2.24. The van der Waals surface area contributed by atoms with Crippen LogP contribution in [0.4, 0.5) is 10.5 Å². The average Bonchev–Trinajstić information content (AvgIpc) is 2.36. The lowest BCUT2D eigenvalue weighted by Crippen LogP contribution is -2.46. The van der Waals surface area contributed by atoms with Gasteiger partial charge in [0, 0.05) is 12.2 Å². The van der Waals surface area contributed by atoms with E-state index >= 15 is 0 Å². The van der Waals surface area contributed by atoms with Crippen LogP contribution in [0.25, 0.3) is 0 Å². The van der Waals surface area contributed by atoms with Gasteiger partial charge in [-0.05, 0) is 30.0 Å². The molecule has 0 bridgehead atoms. The third-order valence-electron chi connectivity index (χ3n) is 2.74. The minimum atomic E-state index is -1.03. The first-order valence-corrected chi connectivity index (χ1v) is 6.50. The van der Waals surface area contributed by atoms with Crippen molar-refractivity contribution >= 4 is 17.7 Å². The molecule has 1 aromatic rings. The van der Waals surface area contributed by atoms with E-state index in [0.29, 0.717) is 18.7 Å². The molecular weight excluding hydrogens is 258 g/mol. The number of aliphatic carboxylic acids is 1. The molecule has 0 aromatic heterocycles. The van der Waals surface area contributed by atoms with E-state index in [9.17, 15) is 9.59 Å². The molecule has 110 valence electrons. The van der Waals surface area contributed by atoms with Gasteiger partial charge < -0.3 is 21.5 Å². The topological polar surface area (TPSA) is 104 Å². The lowest BCUT2D eigenvalue weighted by atomic mass is 10.0. The maximum atomic E-state index is 11.7. The Morgan fingerprint density at radius 3 is 2.35 bits per heavy atom. The second kappa shape index (κ2) is 7.37. The number of amides is 2. The van der Waals surface area contributed by atoms with Gasteiger partial charge in [0.15, 0.2) is 0 Å². The van der Waals surface area contributed by atoms with Crippen molar-refractivity contribution in [1.82, 2.24) is 10.6 Å². The molecule has 0 spiro atoms. The van der Waals surface area contributed by atoms with Gasteiger partial charge in [0.1, 0.15) is 6.04 Å². The predicted molar refractivity (Wildman–Crippen MR) is 77.1 cm³/mol. The number of urea groups is 1. The quantitative estimate of drug-likeness (QED) is 0.593. The van der Waals surface area contributed by atoms with Gasteiger partial charge in [-0.15, -0.1) is 0 Å². The van der Waals surface area contributed by atoms with E-state index in [-0.39, 0.29) is 5.92 Å². The van der Waals surface area contributed by atoms with E-state index in [1.54, 1.807) is 24.3 Å². The Labute approximate surface area is 118 Å². The number of nitrogens with one attached hydrogen (secondary N) is 2. The van der Waals surface area contributed by atoms with Crippen molar-refractivity contribution in [2.75, 3.05) is 5.73 Å². The monoisotopic (exact) mass is 279 g/mol. The normalized spacial score (nSPS) is 11.9. The van der Waals surface area contributed by atoms with Crippen molar-refractivity contribution in [3.05, 3.63) is 29.8 Å². The molecule has 0 aliphatic carbocycles. The van der Waals surface area contributed by atoms with Crippen LogP contribution in [0.5, 0.6) is 0 Å². The summed E-state index contributed by atoms with van der Waals surface area (Å²) in [5, 5.41) is 14.1. The summed E-state index contributed by atoms with van der Waals surface area (Å²) >= 11 is 0. The Morgan fingerprint density at radius 2 is 1.85 bits per heavy atom. The summed E-state index contributed by atoms with van der Waals surface area (Å²) < 4.78 is 0. The first-order chi connectivity index (χ1) is 9.38. The zero-order valence-electron chi connectivity index (χ0n) is 11.7. The fourth-order valence-corrected chi connectivity index (χ4v) is 1.72. The van der Waals surface area contributed by atoms with Gasteiger partial charge in [0.25, 0.3) is 0 Å². The van der Waals surface area contributed by atoms with Gasteiger partial charge in [-0.3, -0.25) is 0 Å². The van der Waals surface area contributed by atoms with E-state index in [1.165, 1.54) is 0 Å². The fraction of sp³-hybridized carbons (Fsp3) is 0.429. The summed E-state index contributed by atoms with van der Waals surface area (Å²) in [5.74, 6) is -0.838. The van der Waals surface area contributed by atoms with Crippen molar-refractivity contribution < 1.29 is 14.7 Å². The molecule has 6 nitrogen and oxygen atoms in total. The maximum absolute atomic E-state index is 11.7. The van der Waals surface area contributed by atoms with Crippen molar-refractivity contribution in [2.45, 2.75) is 32.9 Å². The lowest BCUT2D eigenvalue weighted by Gasteiger charge is -2.17. The van der Waals surface area contributed by atoms with Crippen LogP contribution in [-0.4, -0.2) is 23.1 Å². The zero-order valence-corrected chi connectivity index (χ0v) is 11.7. The number of carboxylic acid groups (broad SMARTS) is 1. The zero-order chi connectivity index (χ0) is 15.1. The predicted octanol–water partition coefficient (Wildman–Crippen LogP) is 1.57. The van der Waals surface area contributed by atoms with Crippen molar-refractivity contribution in [1.29, 1.82) is 0 Å². The standard InChI is InChI=1S/C14H21N3O3/c1-9(2)7-12(13(18)19)17-14(20)16-8-10-3-5-11(15)6-4-10/h3-6,9,12H,7-8,15H2,1-2H3,(H,18,19)(H2,16,17,20). The van der Waals surface area contributed by atoms with Crippen LogP contribution in [0.3, 0.4) is 0 Å². The van der Waals surface area contributed by atoms with Crippen molar-refractivity contribution in [2.24, 2.45) is 5.92 Å². The van der Waals surface area contributed by atoms with Gasteiger partial charge in [-0.2, -0.15) is 0 Å². The molecule has 1 aromatic carbocycles. The molecule has 0 aliphatic rings. The first kappa shape index (κ1) is 15.8. The molecule has 0 fully saturated rings. The minimum absolute atomic E-state index is 0.188. The highest BCUT2D eigenvalue weighted by Gasteiger charge is 2.20. The Balaban J connectivity index is 2.45. The van der Waals surface area contributed by atoms with Gasteiger partial charge >= 0.3 is 12.0 Å². The Kier molecular flexibility index (Phi) is 5.83. The lowest BCUT2D eigenvalue weighted by molar-refractivity contribution is -0.139. The highest BCUT2D eigenvalue weighted by Crippen LogP contribution is 2.06. The number of carboxylic acids is 1. The van der Waals surface area contributed by atoms with E-state index in [2.05, 4.69) is 10.6 Å². The molecule has 1 rings (SSSR count). The second-order valence-corrected chi connectivity index (χ2v) is 5.09. The van der Waals surface area contributed by atoms with E-state index < -0.39 is 18.0 Å². The van der Waals surface area contributed by atoms with E-state index in [0.717, 1.165) is 5.56 Å². The van der Waals surface area contributed by atoms with Crippen LogP contribution in [-0.2, 0) is 11.3 Å². The van der Waals surface area contributed by atoms with Crippen LogP contribution in [0.15, 0.2) is 24.3 Å². The number of carbonyl (C=O) groups is 2. The largest absolute Gasteiger partial charge is 0.480 e. The second-order valence-electron chi connectivity index (χ2n) is 5.09. The van der Waals surface area contributed by atoms with Crippen LogP contribution < -0.4 is 16.4 Å². The summed E-state index contributed by atoms with van der Waals surface area (Å²) in [6.45, 7) is 4.13. The van der Waals surface area contributed by atoms with Gasteiger partial charge in [-0.25, -0.2) is 9.59 Å². The highest BCUT2D eigenvalue weighted by atomic mass is 16.4. The summed E-state index contributed by atoms with van der Waals surface area (Å²) in [6, 6.07) is 5.73. The summed E-state index contributed by atoms with van der Waals surface area (Å²) in [4.78, 5) is 22.7. The number of hydrogen-bond acceptors (Lipinski definition) is 3. The number of nitrogens with two attached hydrogens (primary N) is 1. The molecule has 2 amide bonds.